The van der Waals surface area contributed by atoms with Gasteiger partial charge in [-0.05, 0) is 11.4 Å². The van der Waals surface area contributed by atoms with Crippen molar-refractivity contribution in [2.24, 2.45) is 4.99 Å². The van der Waals surface area contributed by atoms with E-state index in [9.17, 15) is 4.79 Å². The number of esters is 1. The van der Waals surface area contributed by atoms with Crippen LogP contribution < -0.4 is 5.48 Å². The van der Waals surface area contributed by atoms with Gasteiger partial charge in [0.15, 0.2) is 0 Å². The zero-order valence-corrected chi connectivity index (χ0v) is 8.63. The molecule has 0 aliphatic carbocycles. The first-order valence-electron chi connectivity index (χ1n) is 3.76. The van der Waals surface area contributed by atoms with Crippen LogP contribution in [0.5, 0.6) is 0 Å². The van der Waals surface area contributed by atoms with Gasteiger partial charge in [-0.3, -0.25) is 10.3 Å². The van der Waals surface area contributed by atoms with E-state index in [-0.39, 0.29) is 0 Å². The third-order valence-corrected chi connectivity index (χ3v) is 2.22. The Morgan fingerprint density at radius 1 is 1.64 bits per heavy atom. The first-order chi connectivity index (χ1) is 6.79. The van der Waals surface area contributed by atoms with Gasteiger partial charge in [0.1, 0.15) is 11.3 Å². The Morgan fingerprint density at radius 2 is 2.43 bits per heavy atom. The molecular formula is C8H10N2O3S. The summed E-state index contributed by atoms with van der Waals surface area (Å²) in [5, 5.41) is 2.35. The van der Waals surface area contributed by atoms with E-state index in [1.54, 1.807) is 11.4 Å². The van der Waals surface area contributed by atoms with E-state index < -0.39 is 5.97 Å². The number of nitrogens with zero attached hydrogens (tertiary/aromatic N) is 1. The smallest absolute Gasteiger partial charge is 0.340 e. The van der Waals surface area contributed by atoms with Gasteiger partial charge in [-0.25, -0.2) is 9.79 Å². The first-order valence-corrected chi connectivity index (χ1v) is 4.64. The van der Waals surface area contributed by atoms with Crippen molar-refractivity contribution in [1.29, 1.82) is 0 Å². The molecule has 0 spiro atoms. The number of hydrogen-bond donors (Lipinski definition) is 1. The Bertz CT molecular complexity index is 335. The maximum atomic E-state index is 11.2. The van der Waals surface area contributed by atoms with Gasteiger partial charge in [0.2, 0.25) is 0 Å². The first kappa shape index (κ1) is 10.7. The third kappa shape index (κ3) is 2.54. The van der Waals surface area contributed by atoms with Gasteiger partial charge in [0.25, 0.3) is 0 Å². The number of methoxy groups -OCH3 is 1. The molecule has 0 aliphatic heterocycles. The minimum atomic E-state index is -0.393. The Morgan fingerprint density at radius 3 is 3.07 bits per heavy atom. The van der Waals surface area contributed by atoms with E-state index >= 15 is 0 Å². The molecule has 0 radical (unpaired) electrons. The van der Waals surface area contributed by atoms with E-state index in [1.807, 2.05) is 0 Å². The lowest BCUT2D eigenvalue weighted by atomic mass is 10.3. The fraction of sp³-hybridized carbons (Fsp3) is 0.250. The van der Waals surface area contributed by atoms with Crippen molar-refractivity contribution in [2.45, 2.75) is 0 Å². The quantitative estimate of drug-likeness (QED) is 0.355. The molecule has 0 saturated heterocycles. The van der Waals surface area contributed by atoms with Gasteiger partial charge >= 0.3 is 5.97 Å². The van der Waals surface area contributed by atoms with Crippen LogP contribution in [0.2, 0.25) is 0 Å². The summed E-state index contributed by atoms with van der Waals surface area (Å²) in [5.74, 6) is -0.393. The molecule has 6 heteroatoms. The zero-order valence-electron chi connectivity index (χ0n) is 7.81. The van der Waals surface area contributed by atoms with Crippen molar-refractivity contribution in [2.75, 3.05) is 14.2 Å². The van der Waals surface area contributed by atoms with Crippen molar-refractivity contribution in [1.82, 2.24) is 5.48 Å². The topological polar surface area (TPSA) is 59.9 Å². The number of ether oxygens (including phenoxy) is 1. The largest absolute Gasteiger partial charge is 0.465 e. The van der Waals surface area contributed by atoms with E-state index in [0.29, 0.717) is 10.6 Å². The number of carbonyl (C=O) groups excluding carboxylic acids is 1. The van der Waals surface area contributed by atoms with Crippen LogP contribution in [-0.4, -0.2) is 26.5 Å². The van der Waals surface area contributed by atoms with Crippen LogP contribution in [0, 0.1) is 0 Å². The maximum absolute atomic E-state index is 11.2. The summed E-state index contributed by atoms with van der Waals surface area (Å²) in [6.45, 7) is 0. The summed E-state index contributed by atoms with van der Waals surface area (Å²) in [7, 11) is 2.81. The van der Waals surface area contributed by atoms with Gasteiger partial charge in [0, 0.05) is 0 Å². The Balaban J connectivity index is 2.77. The molecule has 76 valence electrons. The average molecular weight is 214 g/mol. The number of hydroxylamine groups is 1. The van der Waals surface area contributed by atoms with Crippen LogP contribution in [0.15, 0.2) is 16.4 Å². The molecule has 1 heterocycles. The number of carbonyl (C=O) groups is 1. The SMILES string of the molecule is CON/C=N\c1sccc1C(=O)OC. The number of nitrogens with one attached hydrogen (secondary N) is 1. The Hall–Kier alpha value is -1.40. The second-order valence-electron chi connectivity index (χ2n) is 2.21. The van der Waals surface area contributed by atoms with Crippen LogP contribution in [0.3, 0.4) is 0 Å². The molecule has 0 unspecified atom stereocenters. The molecular weight excluding hydrogens is 204 g/mol. The lowest BCUT2D eigenvalue weighted by Crippen LogP contribution is -2.07. The van der Waals surface area contributed by atoms with Gasteiger partial charge in [0.05, 0.1) is 19.8 Å². The number of aliphatic imine (C=N–C) groups is 1. The minimum absolute atomic E-state index is 0.393. The number of rotatable bonds is 4. The van der Waals surface area contributed by atoms with Gasteiger partial charge < -0.3 is 4.74 Å². The van der Waals surface area contributed by atoms with Crippen LogP contribution in [0.25, 0.3) is 0 Å². The van der Waals surface area contributed by atoms with Crippen molar-refractivity contribution in [3.05, 3.63) is 17.0 Å². The summed E-state index contributed by atoms with van der Waals surface area (Å²) in [6, 6.07) is 1.66. The molecule has 0 fully saturated rings. The van der Waals surface area contributed by atoms with Crippen LogP contribution >= 0.6 is 11.3 Å². The zero-order chi connectivity index (χ0) is 10.4. The van der Waals surface area contributed by atoms with Crippen molar-refractivity contribution < 1.29 is 14.4 Å². The molecule has 0 bridgehead atoms. The van der Waals surface area contributed by atoms with E-state index in [2.05, 4.69) is 20.0 Å². The normalized spacial score (nSPS) is 10.4. The van der Waals surface area contributed by atoms with Gasteiger partial charge in [-0.15, -0.1) is 11.3 Å². The predicted molar refractivity (Wildman–Crippen MR) is 54.0 cm³/mol. The lowest BCUT2D eigenvalue weighted by molar-refractivity contribution is 0.0602. The average Bonchev–Trinajstić information content (AvgIpc) is 2.65. The highest BCUT2D eigenvalue weighted by Gasteiger charge is 2.11. The molecule has 1 N–H and O–H groups in total. The highest BCUT2D eigenvalue weighted by molar-refractivity contribution is 7.14. The molecule has 0 aliphatic rings. The van der Waals surface area contributed by atoms with Crippen LogP contribution in [0.4, 0.5) is 5.00 Å². The van der Waals surface area contributed by atoms with Gasteiger partial charge in [-0.1, -0.05) is 0 Å². The molecule has 14 heavy (non-hydrogen) atoms. The number of thiophene rings is 1. The fourth-order valence-electron chi connectivity index (χ4n) is 0.804. The van der Waals surface area contributed by atoms with Crippen molar-refractivity contribution in [3.8, 4) is 0 Å². The highest BCUT2D eigenvalue weighted by Crippen LogP contribution is 2.26. The predicted octanol–water partition coefficient (Wildman–Crippen LogP) is 1.35. The summed E-state index contributed by atoms with van der Waals surface area (Å²) in [4.78, 5) is 19.7. The van der Waals surface area contributed by atoms with Crippen LogP contribution in [-0.2, 0) is 9.57 Å². The summed E-state index contributed by atoms with van der Waals surface area (Å²) in [5.41, 5.74) is 2.88. The number of hydrogen-bond acceptors (Lipinski definition) is 5. The molecule has 0 amide bonds. The molecule has 0 atom stereocenters. The van der Waals surface area contributed by atoms with Gasteiger partial charge in [-0.2, -0.15) is 0 Å². The summed E-state index contributed by atoms with van der Waals surface area (Å²) >= 11 is 1.35. The van der Waals surface area contributed by atoms with E-state index in [0.717, 1.165) is 0 Å². The second-order valence-corrected chi connectivity index (χ2v) is 3.11. The van der Waals surface area contributed by atoms with Crippen molar-refractivity contribution >= 4 is 28.6 Å². The summed E-state index contributed by atoms with van der Waals surface area (Å²) in [6.07, 6.45) is 1.36. The third-order valence-electron chi connectivity index (χ3n) is 1.40. The monoisotopic (exact) mass is 214 g/mol. The summed E-state index contributed by atoms with van der Waals surface area (Å²) < 4.78 is 4.58. The molecule has 1 aromatic rings. The van der Waals surface area contributed by atoms with E-state index in [4.69, 9.17) is 0 Å². The van der Waals surface area contributed by atoms with E-state index in [1.165, 1.54) is 31.9 Å². The standard InChI is InChI=1S/C8H10N2O3S/c1-12-8(11)6-3-4-14-7(6)9-5-10-13-2/h3-5H,1-2H3,(H,9,10). The fourth-order valence-corrected chi connectivity index (χ4v) is 1.53. The molecule has 5 nitrogen and oxygen atoms in total. The molecule has 0 saturated carbocycles. The molecule has 0 aromatic carbocycles. The lowest BCUT2D eigenvalue weighted by Gasteiger charge is -1.96. The van der Waals surface area contributed by atoms with Crippen molar-refractivity contribution in [3.63, 3.8) is 0 Å². The highest BCUT2D eigenvalue weighted by atomic mass is 32.1. The molecule has 1 aromatic heterocycles. The Kier molecular flexibility index (Phi) is 4.09. The Labute approximate surface area is 85.3 Å². The second kappa shape index (κ2) is 5.36. The van der Waals surface area contributed by atoms with Crippen LogP contribution in [0.1, 0.15) is 10.4 Å². The minimum Gasteiger partial charge on any atom is -0.465 e. The molecule has 1 rings (SSSR count). The maximum Gasteiger partial charge on any atom is 0.340 e.